The molecule has 6 heteroatoms. The molecule has 0 aromatic rings. The fourth-order valence-corrected chi connectivity index (χ4v) is 3.04. The largest absolute Gasteiger partial charge is 0.328 e. The topological polar surface area (TPSA) is 99.6 Å². The van der Waals surface area contributed by atoms with Crippen LogP contribution in [0.4, 0.5) is 0 Å². The lowest BCUT2D eigenvalue weighted by molar-refractivity contribution is 0.331. The molecule has 0 aliphatic heterocycles. The van der Waals surface area contributed by atoms with Gasteiger partial charge in [-0.2, -0.15) is 10.5 Å². The van der Waals surface area contributed by atoms with Gasteiger partial charge in [0.2, 0.25) is 0 Å². The van der Waals surface area contributed by atoms with Gasteiger partial charge in [-0.05, 0) is 63.2 Å². The fourth-order valence-electron chi connectivity index (χ4n) is 3.04. The number of nitrogens with zero attached hydrogens (tertiary/aromatic N) is 2. The summed E-state index contributed by atoms with van der Waals surface area (Å²) >= 11 is 0. The van der Waals surface area contributed by atoms with E-state index in [-0.39, 0.29) is 24.8 Å². The SMILES string of the molecule is Cl.Cl.N#CCC1CCC(N)CC1.N#CCC1CCC(N)CC1. The normalized spacial score (nSPS) is 30.2. The zero-order valence-corrected chi connectivity index (χ0v) is 14.9. The maximum absolute atomic E-state index is 8.40. The lowest BCUT2D eigenvalue weighted by Gasteiger charge is -2.23. The summed E-state index contributed by atoms with van der Waals surface area (Å²) in [6.07, 6.45) is 10.6. The standard InChI is InChI=1S/2C8H14N2.2ClH/c2*9-6-5-7-1-3-8(10)4-2-7;;/h2*7-8H,1-5,10H2;2*1H. The number of halogens is 2. The molecule has 2 fully saturated rings. The van der Waals surface area contributed by atoms with Crippen LogP contribution in [0, 0.1) is 34.5 Å². The molecule has 0 heterocycles. The maximum Gasteiger partial charge on any atom is 0.0624 e. The van der Waals surface area contributed by atoms with Gasteiger partial charge < -0.3 is 11.5 Å². The highest BCUT2D eigenvalue weighted by molar-refractivity contribution is 5.85. The van der Waals surface area contributed by atoms with Crippen molar-refractivity contribution >= 4 is 24.8 Å². The van der Waals surface area contributed by atoms with Gasteiger partial charge in [0, 0.05) is 24.9 Å². The summed E-state index contributed by atoms with van der Waals surface area (Å²) in [7, 11) is 0. The quantitative estimate of drug-likeness (QED) is 0.794. The Labute approximate surface area is 147 Å². The van der Waals surface area contributed by atoms with Gasteiger partial charge in [-0.1, -0.05) is 0 Å². The Morgan fingerprint density at radius 1 is 0.636 bits per heavy atom. The Morgan fingerprint density at radius 2 is 0.909 bits per heavy atom. The van der Waals surface area contributed by atoms with Crippen LogP contribution >= 0.6 is 24.8 Å². The van der Waals surface area contributed by atoms with Crippen LogP contribution in [0.2, 0.25) is 0 Å². The van der Waals surface area contributed by atoms with Crippen molar-refractivity contribution < 1.29 is 0 Å². The van der Waals surface area contributed by atoms with E-state index in [4.69, 9.17) is 22.0 Å². The fraction of sp³-hybridized carbons (Fsp3) is 0.875. The minimum absolute atomic E-state index is 0. The second kappa shape index (κ2) is 14.1. The van der Waals surface area contributed by atoms with Crippen molar-refractivity contribution in [1.29, 1.82) is 10.5 Å². The van der Waals surface area contributed by atoms with Gasteiger partial charge in [-0.3, -0.25) is 0 Å². The van der Waals surface area contributed by atoms with Crippen LogP contribution < -0.4 is 11.5 Å². The molecule has 0 spiro atoms. The third-order valence-corrected chi connectivity index (χ3v) is 4.54. The molecule has 0 saturated heterocycles. The highest BCUT2D eigenvalue weighted by Gasteiger charge is 2.18. The van der Waals surface area contributed by atoms with Crippen LogP contribution in [0.5, 0.6) is 0 Å². The molecule has 0 unspecified atom stereocenters. The lowest BCUT2D eigenvalue weighted by Crippen LogP contribution is -2.26. The van der Waals surface area contributed by atoms with Crippen LogP contribution in [0.3, 0.4) is 0 Å². The third kappa shape index (κ3) is 10.2. The third-order valence-electron chi connectivity index (χ3n) is 4.54. The summed E-state index contributed by atoms with van der Waals surface area (Å²) in [5.74, 6) is 1.29. The molecule has 2 saturated carbocycles. The van der Waals surface area contributed by atoms with Crippen LogP contribution in [-0.2, 0) is 0 Å². The van der Waals surface area contributed by atoms with Crippen molar-refractivity contribution in [3.8, 4) is 12.1 Å². The zero-order chi connectivity index (χ0) is 14.8. The van der Waals surface area contributed by atoms with E-state index in [1.165, 1.54) is 0 Å². The molecule has 0 radical (unpaired) electrons. The van der Waals surface area contributed by atoms with E-state index < -0.39 is 0 Å². The molecule has 4 nitrogen and oxygen atoms in total. The Hall–Kier alpha value is -0.520. The number of rotatable bonds is 2. The van der Waals surface area contributed by atoms with Gasteiger partial charge in [-0.25, -0.2) is 0 Å². The molecule has 0 amide bonds. The van der Waals surface area contributed by atoms with E-state index in [0.29, 0.717) is 23.9 Å². The minimum Gasteiger partial charge on any atom is -0.328 e. The van der Waals surface area contributed by atoms with E-state index in [1.54, 1.807) is 0 Å². The molecule has 4 N–H and O–H groups in total. The molecule has 0 aromatic carbocycles. The highest BCUT2D eigenvalue weighted by atomic mass is 35.5. The number of hydrogen-bond acceptors (Lipinski definition) is 4. The Morgan fingerprint density at radius 3 is 1.14 bits per heavy atom. The van der Waals surface area contributed by atoms with E-state index in [1.807, 2.05) is 0 Å². The summed E-state index contributed by atoms with van der Waals surface area (Å²) in [4.78, 5) is 0. The molecular weight excluding hydrogens is 319 g/mol. The Kier molecular flexibility index (Phi) is 15.2. The number of nitrogens with two attached hydrogens (primary N) is 2. The Balaban J connectivity index is 0. The summed E-state index contributed by atoms with van der Waals surface area (Å²) < 4.78 is 0. The van der Waals surface area contributed by atoms with Crippen LogP contribution in [0.15, 0.2) is 0 Å². The van der Waals surface area contributed by atoms with Crippen molar-refractivity contribution in [2.45, 2.75) is 76.3 Å². The van der Waals surface area contributed by atoms with Crippen molar-refractivity contribution in [2.24, 2.45) is 23.3 Å². The molecule has 0 bridgehead atoms. The van der Waals surface area contributed by atoms with E-state index in [9.17, 15) is 0 Å². The second-order valence-electron chi connectivity index (χ2n) is 6.29. The predicted octanol–water partition coefficient (Wildman–Crippen LogP) is 3.68. The van der Waals surface area contributed by atoms with Gasteiger partial charge in [0.05, 0.1) is 12.1 Å². The second-order valence-corrected chi connectivity index (χ2v) is 6.29. The summed E-state index contributed by atoms with van der Waals surface area (Å²) in [5.41, 5.74) is 11.4. The molecule has 0 aromatic heterocycles. The van der Waals surface area contributed by atoms with Crippen LogP contribution in [-0.4, -0.2) is 12.1 Å². The molecule has 2 aliphatic carbocycles. The maximum atomic E-state index is 8.40. The van der Waals surface area contributed by atoms with Gasteiger partial charge in [0.15, 0.2) is 0 Å². The van der Waals surface area contributed by atoms with Crippen LogP contribution in [0.25, 0.3) is 0 Å². The molecule has 2 rings (SSSR count). The van der Waals surface area contributed by atoms with Crippen molar-refractivity contribution in [2.75, 3.05) is 0 Å². The first-order valence-corrected chi connectivity index (χ1v) is 7.90. The van der Waals surface area contributed by atoms with E-state index >= 15 is 0 Å². The van der Waals surface area contributed by atoms with Crippen molar-refractivity contribution in [3.05, 3.63) is 0 Å². The molecular formula is C16H30Cl2N4. The van der Waals surface area contributed by atoms with Gasteiger partial charge in [0.1, 0.15) is 0 Å². The van der Waals surface area contributed by atoms with E-state index in [0.717, 1.165) is 64.2 Å². The first-order valence-electron chi connectivity index (χ1n) is 7.90. The average molecular weight is 349 g/mol. The zero-order valence-electron chi connectivity index (χ0n) is 13.2. The monoisotopic (exact) mass is 348 g/mol. The molecule has 2 aliphatic rings. The molecule has 22 heavy (non-hydrogen) atoms. The van der Waals surface area contributed by atoms with E-state index in [2.05, 4.69) is 12.1 Å². The first-order chi connectivity index (χ1) is 9.65. The highest BCUT2D eigenvalue weighted by Crippen LogP contribution is 2.25. The Bertz CT molecular complexity index is 301. The number of hydrogen-bond donors (Lipinski definition) is 2. The predicted molar refractivity (Wildman–Crippen MR) is 94.8 cm³/mol. The van der Waals surface area contributed by atoms with Gasteiger partial charge in [-0.15, -0.1) is 24.8 Å². The minimum atomic E-state index is 0. The summed E-state index contributed by atoms with van der Waals surface area (Å²) in [5, 5.41) is 16.8. The molecule has 0 atom stereocenters. The van der Waals surface area contributed by atoms with Crippen molar-refractivity contribution in [1.82, 2.24) is 0 Å². The summed E-state index contributed by atoms with van der Waals surface area (Å²) in [6.45, 7) is 0. The lowest BCUT2D eigenvalue weighted by atomic mass is 9.85. The molecule has 128 valence electrons. The van der Waals surface area contributed by atoms with Crippen LogP contribution in [0.1, 0.15) is 64.2 Å². The number of nitriles is 2. The average Bonchev–Trinajstić information content (AvgIpc) is 2.45. The first kappa shape index (κ1) is 23.7. The van der Waals surface area contributed by atoms with Gasteiger partial charge in [0.25, 0.3) is 0 Å². The van der Waals surface area contributed by atoms with Gasteiger partial charge >= 0.3 is 0 Å². The summed E-state index contributed by atoms with van der Waals surface area (Å²) in [6, 6.07) is 5.25. The smallest absolute Gasteiger partial charge is 0.0624 e. The van der Waals surface area contributed by atoms with Crippen molar-refractivity contribution in [3.63, 3.8) is 0 Å².